The molecule has 0 spiro atoms. The monoisotopic (exact) mass is 186 g/mol. The van der Waals surface area contributed by atoms with Gasteiger partial charge in [-0.05, 0) is 13.0 Å². The van der Waals surface area contributed by atoms with Crippen LogP contribution < -0.4 is 4.74 Å². The largest absolute Gasteiger partial charge is 0.496 e. The van der Waals surface area contributed by atoms with Gasteiger partial charge >= 0.3 is 0 Å². The van der Waals surface area contributed by atoms with Crippen LogP contribution in [0, 0.1) is 6.92 Å². The summed E-state index contributed by atoms with van der Waals surface area (Å²) < 4.78 is 5.34. The first kappa shape index (κ1) is 9.07. The molecule has 14 heavy (non-hydrogen) atoms. The minimum atomic E-state index is 0.379. The molecule has 1 aliphatic carbocycles. The molecule has 2 rings (SSSR count). The Labute approximate surface area is 84.7 Å². The summed E-state index contributed by atoms with van der Waals surface area (Å²) in [6.45, 7) is 2.10. The Morgan fingerprint density at radius 3 is 2.50 bits per heavy atom. The van der Waals surface area contributed by atoms with Gasteiger partial charge in [-0.25, -0.2) is 0 Å². The molecule has 1 nitrogen and oxygen atoms in total. The molecule has 1 aromatic carbocycles. The zero-order valence-corrected chi connectivity index (χ0v) is 8.53. The highest BCUT2D eigenvalue weighted by molar-refractivity contribution is 5.45. The van der Waals surface area contributed by atoms with E-state index in [0.717, 1.165) is 5.75 Å². The second-order valence-electron chi connectivity index (χ2n) is 3.54. The van der Waals surface area contributed by atoms with E-state index in [1.165, 1.54) is 11.1 Å². The molecule has 1 aromatic rings. The van der Waals surface area contributed by atoms with Crippen molar-refractivity contribution in [2.45, 2.75) is 12.8 Å². The van der Waals surface area contributed by atoms with E-state index >= 15 is 0 Å². The van der Waals surface area contributed by atoms with Gasteiger partial charge in [-0.2, -0.15) is 0 Å². The van der Waals surface area contributed by atoms with Crippen molar-refractivity contribution >= 4 is 0 Å². The van der Waals surface area contributed by atoms with Gasteiger partial charge in [-0.3, -0.25) is 0 Å². The van der Waals surface area contributed by atoms with Crippen LogP contribution in [0.1, 0.15) is 17.0 Å². The summed E-state index contributed by atoms with van der Waals surface area (Å²) in [6.07, 6.45) is 8.51. The van der Waals surface area contributed by atoms with Crippen molar-refractivity contribution in [2.75, 3.05) is 7.11 Å². The van der Waals surface area contributed by atoms with E-state index in [4.69, 9.17) is 4.74 Å². The van der Waals surface area contributed by atoms with Gasteiger partial charge < -0.3 is 4.74 Å². The highest BCUT2D eigenvalue weighted by Gasteiger charge is 2.12. The first-order chi connectivity index (χ1) is 6.81. The third-order valence-corrected chi connectivity index (χ3v) is 2.49. The lowest BCUT2D eigenvalue weighted by Crippen LogP contribution is -1.95. The van der Waals surface area contributed by atoms with Gasteiger partial charge in [0.1, 0.15) is 5.75 Å². The number of rotatable bonds is 2. The average molecular weight is 186 g/mol. The van der Waals surface area contributed by atoms with E-state index in [0.29, 0.717) is 5.92 Å². The molecular weight excluding hydrogens is 172 g/mol. The Hall–Kier alpha value is -1.50. The second-order valence-corrected chi connectivity index (χ2v) is 3.54. The van der Waals surface area contributed by atoms with Gasteiger partial charge in [-0.15, -0.1) is 0 Å². The highest BCUT2D eigenvalue weighted by atomic mass is 16.5. The van der Waals surface area contributed by atoms with Gasteiger partial charge in [0.2, 0.25) is 0 Å². The van der Waals surface area contributed by atoms with Crippen molar-refractivity contribution in [3.8, 4) is 5.75 Å². The fourth-order valence-electron chi connectivity index (χ4n) is 1.75. The van der Waals surface area contributed by atoms with Crippen LogP contribution in [0.2, 0.25) is 0 Å². The highest BCUT2D eigenvalue weighted by Crippen LogP contribution is 2.31. The SMILES string of the molecule is COc1ccc(C)cc1C1C=CC=C1. The number of hydrogen-bond donors (Lipinski definition) is 0. The Bertz CT molecular complexity index is 376. The van der Waals surface area contributed by atoms with Gasteiger partial charge in [0.05, 0.1) is 7.11 Å². The second kappa shape index (κ2) is 3.70. The first-order valence-corrected chi connectivity index (χ1v) is 4.81. The van der Waals surface area contributed by atoms with Crippen molar-refractivity contribution in [1.29, 1.82) is 0 Å². The van der Waals surface area contributed by atoms with Crippen LogP contribution >= 0.6 is 0 Å². The number of hydrogen-bond acceptors (Lipinski definition) is 1. The molecule has 0 N–H and O–H groups in total. The maximum absolute atomic E-state index is 5.34. The molecule has 1 heteroatoms. The van der Waals surface area contributed by atoms with Crippen molar-refractivity contribution in [2.24, 2.45) is 0 Å². The lowest BCUT2D eigenvalue weighted by molar-refractivity contribution is 0.409. The molecule has 0 saturated heterocycles. The number of aryl methyl sites for hydroxylation is 1. The quantitative estimate of drug-likeness (QED) is 0.689. The predicted molar refractivity (Wildman–Crippen MR) is 58.8 cm³/mol. The van der Waals surface area contributed by atoms with E-state index in [1.807, 2.05) is 6.07 Å². The van der Waals surface area contributed by atoms with Crippen molar-refractivity contribution in [3.05, 3.63) is 53.6 Å². The summed E-state index contributed by atoms with van der Waals surface area (Å²) in [7, 11) is 1.72. The third kappa shape index (κ3) is 1.58. The molecule has 0 fully saturated rings. The van der Waals surface area contributed by atoms with E-state index in [9.17, 15) is 0 Å². The summed E-state index contributed by atoms with van der Waals surface area (Å²) in [5, 5.41) is 0. The van der Waals surface area contributed by atoms with Crippen LogP contribution in [0.15, 0.2) is 42.5 Å². The number of allylic oxidation sites excluding steroid dienone is 4. The fourth-order valence-corrected chi connectivity index (χ4v) is 1.75. The first-order valence-electron chi connectivity index (χ1n) is 4.81. The standard InChI is InChI=1S/C13H14O/c1-10-7-8-13(14-2)12(9-10)11-5-3-4-6-11/h3-9,11H,1-2H3. The van der Waals surface area contributed by atoms with Gasteiger partial charge in [-0.1, -0.05) is 42.0 Å². The number of methoxy groups -OCH3 is 1. The van der Waals surface area contributed by atoms with Crippen LogP contribution in [0.25, 0.3) is 0 Å². The van der Waals surface area contributed by atoms with E-state index in [2.05, 4.69) is 43.4 Å². The normalized spacial score (nSPS) is 15.0. The summed E-state index contributed by atoms with van der Waals surface area (Å²) in [6, 6.07) is 6.29. The lowest BCUT2D eigenvalue weighted by Gasteiger charge is -2.12. The zero-order valence-electron chi connectivity index (χ0n) is 8.53. The predicted octanol–water partition coefficient (Wildman–Crippen LogP) is 3.21. The van der Waals surface area contributed by atoms with Crippen molar-refractivity contribution in [3.63, 3.8) is 0 Å². The maximum Gasteiger partial charge on any atom is 0.122 e. The zero-order chi connectivity index (χ0) is 9.97. The van der Waals surface area contributed by atoms with Crippen LogP contribution in [0.3, 0.4) is 0 Å². The Morgan fingerprint density at radius 2 is 1.86 bits per heavy atom. The molecule has 72 valence electrons. The van der Waals surface area contributed by atoms with Crippen LogP contribution in [0.4, 0.5) is 0 Å². The molecule has 0 radical (unpaired) electrons. The van der Waals surface area contributed by atoms with Crippen molar-refractivity contribution in [1.82, 2.24) is 0 Å². The summed E-state index contributed by atoms with van der Waals surface area (Å²) in [5.41, 5.74) is 2.52. The van der Waals surface area contributed by atoms with E-state index in [-0.39, 0.29) is 0 Å². The molecule has 1 aliphatic rings. The average Bonchev–Trinajstić information content (AvgIpc) is 2.70. The lowest BCUT2D eigenvalue weighted by atomic mass is 9.98. The van der Waals surface area contributed by atoms with E-state index < -0.39 is 0 Å². The molecular formula is C13H14O. The summed E-state index contributed by atoms with van der Waals surface area (Å²) >= 11 is 0. The Kier molecular flexibility index (Phi) is 2.40. The molecule has 0 aliphatic heterocycles. The number of benzene rings is 1. The third-order valence-electron chi connectivity index (χ3n) is 2.49. The smallest absolute Gasteiger partial charge is 0.122 e. The fraction of sp³-hybridized carbons (Fsp3) is 0.231. The Morgan fingerprint density at radius 1 is 1.14 bits per heavy atom. The minimum absolute atomic E-state index is 0.379. The topological polar surface area (TPSA) is 9.23 Å². The maximum atomic E-state index is 5.34. The molecule has 0 aromatic heterocycles. The van der Waals surface area contributed by atoms with Crippen LogP contribution in [0.5, 0.6) is 5.75 Å². The van der Waals surface area contributed by atoms with Crippen molar-refractivity contribution < 1.29 is 4.74 Å². The minimum Gasteiger partial charge on any atom is -0.496 e. The van der Waals surface area contributed by atoms with Gasteiger partial charge in [0, 0.05) is 11.5 Å². The molecule has 0 saturated carbocycles. The molecule has 0 bridgehead atoms. The van der Waals surface area contributed by atoms with Crippen LogP contribution in [-0.4, -0.2) is 7.11 Å². The van der Waals surface area contributed by atoms with E-state index in [1.54, 1.807) is 7.11 Å². The summed E-state index contributed by atoms with van der Waals surface area (Å²) in [4.78, 5) is 0. The van der Waals surface area contributed by atoms with Gasteiger partial charge in [0.25, 0.3) is 0 Å². The summed E-state index contributed by atoms with van der Waals surface area (Å²) in [5.74, 6) is 1.35. The Balaban J connectivity index is 2.43. The molecule has 0 unspecified atom stereocenters. The van der Waals surface area contributed by atoms with Gasteiger partial charge in [0.15, 0.2) is 0 Å². The molecule has 0 atom stereocenters. The molecule has 0 amide bonds. The molecule has 0 heterocycles. The van der Waals surface area contributed by atoms with Crippen LogP contribution in [-0.2, 0) is 0 Å². The number of ether oxygens (including phenoxy) is 1.